The van der Waals surface area contributed by atoms with E-state index >= 15 is 0 Å². The van der Waals surface area contributed by atoms with Crippen molar-refractivity contribution in [2.75, 3.05) is 0 Å². The molecule has 1 rings (SSSR count). The molecule has 9 heavy (non-hydrogen) atoms. The van der Waals surface area contributed by atoms with Crippen molar-refractivity contribution in [2.45, 2.75) is 30.5 Å². The number of hydrogen-bond acceptors (Lipinski definition) is 0. The van der Waals surface area contributed by atoms with Crippen LogP contribution in [0, 0.1) is 18.3 Å². The number of alkyl halides is 1. The fourth-order valence-electron chi connectivity index (χ4n) is 1.37. The van der Waals surface area contributed by atoms with Gasteiger partial charge < -0.3 is 0 Å². The Bertz CT molecular complexity index is 123. The zero-order valence-corrected chi connectivity index (χ0v) is 7.02. The molecule has 1 aliphatic carbocycles. The van der Waals surface area contributed by atoms with Gasteiger partial charge in [-0.2, -0.15) is 0 Å². The van der Waals surface area contributed by atoms with Crippen LogP contribution in [0.4, 0.5) is 0 Å². The van der Waals surface area contributed by atoms with Crippen molar-refractivity contribution in [1.82, 2.24) is 0 Å². The maximum absolute atomic E-state index is 5.20. The zero-order chi connectivity index (χ0) is 6.69. The molecule has 0 nitrogen and oxygen atoms in total. The summed E-state index contributed by atoms with van der Waals surface area (Å²) in [6.45, 7) is 0. The third-order valence-electron chi connectivity index (χ3n) is 1.95. The van der Waals surface area contributed by atoms with Crippen molar-refractivity contribution in [3.63, 3.8) is 0 Å². The molecule has 0 N–H and O–H groups in total. The largest absolute Gasteiger partial charge is 0.120 e. The molecule has 0 amide bonds. The fourth-order valence-corrected chi connectivity index (χ4v) is 2.15. The summed E-state index contributed by atoms with van der Waals surface area (Å²) >= 11 is 3.61. The molecule has 0 saturated heterocycles. The van der Waals surface area contributed by atoms with E-state index in [0.717, 1.165) is 12.3 Å². The maximum atomic E-state index is 5.20. The molecule has 1 heteroatoms. The SMILES string of the molecule is C#CCC1CCCC1Br. The topological polar surface area (TPSA) is 0 Å². The number of halogens is 1. The lowest BCUT2D eigenvalue weighted by Crippen LogP contribution is -2.04. The molecule has 2 atom stereocenters. The van der Waals surface area contributed by atoms with Crippen LogP contribution in [0.5, 0.6) is 0 Å². The molecular formula is C8H11Br. The van der Waals surface area contributed by atoms with E-state index in [1.807, 2.05) is 0 Å². The average molecular weight is 187 g/mol. The molecule has 0 aliphatic heterocycles. The highest BCUT2D eigenvalue weighted by atomic mass is 79.9. The van der Waals surface area contributed by atoms with Gasteiger partial charge in [0.1, 0.15) is 0 Å². The molecule has 0 aromatic carbocycles. The van der Waals surface area contributed by atoms with Gasteiger partial charge in [0.05, 0.1) is 0 Å². The standard InChI is InChI=1S/C8H11Br/c1-2-4-7-5-3-6-8(7)9/h1,7-8H,3-6H2. The molecule has 1 fully saturated rings. The van der Waals surface area contributed by atoms with E-state index in [1.54, 1.807) is 0 Å². The predicted octanol–water partition coefficient (Wildman–Crippen LogP) is 2.57. The molecule has 0 aromatic heterocycles. The molecule has 0 bridgehead atoms. The molecule has 1 saturated carbocycles. The van der Waals surface area contributed by atoms with Crippen molar-refractivity contribution in [2.24, 2.45) is 5.92 Å². The van der Waals surface area contributed by atoms with Gasteiger partial charge in [-0.15, -0.1) is 12.3 Å². The second-order valence-corrected chi connectivity index (χ2v) is 3.79. The van der Waals surface area contributed by atoms with Crippen LogP contribution in [0.25, 0.3) is 0 Å². The Kier molecular flexibility index (Phi) is 2.60. The van der Waals surface area contributed by atoms with Crippen molar-refractivity contribution in [1.29, 1.82) is 0 Å². The van der Waals surface area contributed by atoms with Crippen LogP contribution in [0.1, 0.15) is 25.7 Å². The minimum absolute atomic E-state index is 0.702. The van der Waals surface area contributed by atoms with Crippen LogP contribution < -0.4 is 0 Å². The summed E-state index contributed by atoms with van der Waals surface area (Å²) in [6.07, 6.45) is 10.1. The monoisotopic (exact) mass is 186 g/mol. The Morgan fingerprint density at radius 3 is 2.78 bits per heavy atom. The summed E-state index contributed by atoms with van der Waals surface area (Å²) in [5.74, 6) is 3.47. The first kappa shape index (κ1) is 7.15. The van der Waals surface area contributed by atoms with Crippen molar-refractivity contribution >= 4 is 15.9 Å². The van der Waals surface area contributed by atoms with Gasteiger partial charge in [-0.05, 0) is 18.8 Å². The summed E-state index contributed by atoms with van der Waals surface area (Å²) in [7, 11) is 0. The van der Waals surface area contributed by atoms with Gasteiger partial charge in [0.25, 0.3) is 0 Å². The van der Waals surface area contributed by atoms with E-state index in [2.05, 4.69) is 21.9 Å². The van der Waals surface area contributed by atoms with E-state index in [1.165, 1.54) is 19.3 Å². The summed E-state index contributed by atoms with van der Waals surface area (Å²) in [5.41, 5.74) is 0. The van der Waals surface area contributed by atoms with Crippen LogP contribution >= 0.6 is 15.9 Å². The normalized spacial score (nSPS) is 34.2. The first-order chi connectivity index (χ1) is 4.34. The minimum atomic E-state index is 0.702. The summed E-state index contributed by atoms with van der Waals surface area (Å²) in [6, 6.07) is 0. The molecule has 0 aromatic rings. The highest BCUT2D eigenvalue weighted by molar-refractivity contribution is 9.09. The van der Waals surface area contributed by atoms with E-state index in [9.17, 15) is 0 Å². The third kappa shape index (κ3) is 1.72. The lowest BCUT2D eigenvalue weighted by molar-refractivity contribution is 0.584. The maximum Gasteiger partial charge on any atom is 0.0183 e. The summed E-state index contributed by atoms with van der Waals surface area (Å²) < 4.78 is 0. The smallest absolute Gasteiger partial charge is 0.0183 e. The van der Waals surface area contributed by atoms with Crippen LogP contribution in [-0.2, 0) is 0 Å². The van der Waals surface area contributed by atoms with Crippen molar-refractivity contribution < 1.29 is 0 Å². The van der Waals surface area contributed by atoms with Gasteiger partial charge in [0.2, 0.25) is 0 Å². The van der Waals surface area contributed by atoms with Crippen LogP contribution in [0.2, 0.25) is 0 Å². The zero-order valence-electron chi connectivity index (χ0n) is 5.44. The van der Waals surface area contributed by atoms with Crippen LogP contribution in [0.3, 0.4) is 0 Å². The Labute approximate surface area is 65.2 Å². The third-order valence-corrected chi connectivity index (χ3v) is 3.15. The molecule has 0 heterocycles. The molecular weight excluding hydrogens is 176 g/mol. The minimum Gasteiger partial charge on any atom is -0.120 e. The molecule has 1 aliphatic rings. The Balaban J connectivity index is 2.33. The van der Waals surface area contributed by atoms with E-state index < -0.39 is 0 Å². The van der Waals surface area contributed by atoms with Gasteiger partial charge in [-0.25, -0.2) is 0 Å². The van der Waals surface area contributed by atoms with E-state index in [4.69, 9.17) is 6.42 Å². The Morgan fingerprint density at radius 2 is 2.33 bits per heavy atom. The number of hydrogen-bond donors (Lipinski definition) is 0. The molecule has 2 unspecified atom stereocenters. The second-order valence-electron chi connectivity index (χ2n) is 2.62. The second kappa shape index (κ2) is 3.27. The van der Waals surface area contributed by atoms with E-state index in [0.29, 0.717) is 4.83 Å². The van der Waals surface area contributed by atoms with Gasteiger partial charge in [0, 0.05) is 11.2 Å². The van der Waals surface area contributed by atoms with Gasteiger partial charge >= 0.3 is 0 Å². The van der Waals surface area contributed by atoms with Crippen molar-refractivity contribution in [3.05, 3.63) is 0 Å². The lowest BCUT2D eigenvalue weighted by Gasteiger charge is -2.07. The Hall–Kier alpha value is 0.0400. The van der Waals surface area contributed by atoms with Crippen LogP contribution in [0.15, 0.2) is 0 Å². The highest BCUT2D eigenvalue weighted by Gasteiger charge is 2.23. The highest BCUT2D eigenvalue weighted by Crippen LogP contribution is 2.33. The van der Waals surface area contributed by atoms with Gasteiger partial charge in [-0.3, -0.25) is 0 Å². The molecule has 0 radical (unpaired) electrons. The first-order valence-electron chi connectivity index (χ1n) is 3.42. The first-order valence-corrected chi connectivity index (χ1v) is 4.33. The Morgan fingerprint density at radius 1 is 1.56 bits per heavy atom. The predicted molar refractivity (Wildman–Crippen MR) is 43.5 cm³/mol. The van der Waals surface area contributed by atoms with Crippen molar-refractivity contribution in [3.8, 4) is 12.3 Å². The molecule has 50 valence electrons. The number of terminal acetylenes is 1. The van der Waals surface area contributed by atoms with E-state index in [-0.39, 0.29) is 0 Å². The van der Waals surface area contributed by atoms with Crippen LogP contribution in [-0.4, -0.2) is 4.83 Å². The molecule has 0 spiro atoms. The number of rotatable bonds is 1. The quantitative estimate of drug-likeness (QED) is 0.437. The lowest BCUT2D eigenvalue weighted by atomic mass is 10.1. The van der Waals surface area contributed by atoms with Gasteiger partial charge in [0.15, 0.2) is 0 Å². The summed E-state index contributed by atoms with van der Waals surface area (Å²) in [4.78, 5) is 0.702. The fraction of sp³-hybridized carbons (Fsp3) is 0.750. The van der Waals surface area contributed by atoms with Gasteiger partial charge in [-0.1, -0.05) is 22.4 Å². The average Bonchev–Trinajstić information content (AvgIpc) is 2.18. The summed E-state index contributed by atoms with van der Waals surface area (Å²) in [5, 5.41) is 0.